The van der Waals surface area contributed by atoms with E-state index in [1.807, 2.05) is 39.8 Å². The van der Waals surface area contributed by atoms with Gasteiger partial charge >= 0.3 is 12.0 Å². The molecule has 1 N–H and O–H groups in total. The minimum absolute atomic E-state index is 0.0586. The second-order valence-electron chi connectivity index (χ2n) is 15.5. The van der Waals surface area contributed by atoms with Gasteiger partial charge in [0.25, 0.3) is 5.91 Å². The molecule has 1 atom stereocenters. The Balaban J connectivity index is 1.15. The first-order chi connectivity index (χ1) is 27.0. The summed E-state index contributed by atoms with van der Waals surface area (Å²) in [7, 11) is 4.67. The number of carbonyl (C=O) groups excluding carboxylic acids is 3. The van der Waals surface area contributed by atoms with Crippen LogP contribution in [0.3, 0.4) is 0 Å². The van der Waals surface area contributed by atoms with Crippen molar-refractivity contribution in [3.63, 3.8) is 0 Å². The summed E-state index contributed by atoms with van der Waals surface area (Å²) in [5.41, 5.74) is 4.69. The van der Waals surface area contributed by atoms with Gasteiger partial charge in [0.2, 0.25) is 5.75 Å². The van der Waals surface area contributed by atoms with Crippen molar-refractivity contribution in [1.82, 2.24) is 24.9 Å². The van der Waals surface area contributed by atoms with E-state index in [2.05, 4.69) is 54.4 Å². The first-order valence-corrected chi connectivity index (χ1v) is 19.9. The lowest BCUT2D eigenvalue weighted by Crippen LogP contribution is -2.59. The van der Waals surface area contributed by atoms with Crippen molar-refractivity contribution in [3.05, 3.63) is 88.5 Å². The van der Waals surface area contributed by atoms with Crippen LogP contribution in [0.15, 0.2) is 60.7 Å². The summed E-state index contributed by atoms with van der Waals surface area (Å²) in [6.45, 7) is 12.9. The smallest absolute Gasteiger partial charge is 0.320 e. The zero-order valence-electron chi connectivity index (χ0n) is 34.0. The Morgan fingerprint density at radius 3 is 2.00 bits per heavy atom. The molecule has 3 heterocycles. The molecule has 3 aromatic carbocycles. The average Bonchev–Trinajstić information content (AvgIpc) is 3.67. The maximum atomic E-state index is 14.1. The lowest BCUT2D eigenvalue weighted by atomic mass is 9.75. The van der Waals surface area contributed by atoms with Crippen molar-refractivity contribution >= 4 is 17.9 Å². The van der Waals surface area contributed by atoms with Gasteiger partial charge in [-0.1, -0.05) is 48.5 Å². The number of carbonyl (C=O) groups is 3. The molecular weight excluding hydrogens is 711 g/mol. The number of methoxy groups -OCH3 is 3. The number of ether oxygens (including phenoxy) is 4. The second kappa shape index (κ2) is 18.0. The maximum absolute atomic E-state index is 14.1. The highest BCUT2D eigenvalue weighted by molar-refractivity contribution is 5.96. The van der Waals surface area contributed by atoms with E-state index in [0.29, 0.717) is 68.7 Å². The van der Waals surface area contributed by atoms with Crippen molar-refractivity contribution in [3.8, 4) is 17.2 Å². The highest BCUT2D eigenvalue weighted by Crippen LogP contribution is 2.42. The molecule has 0 aliphatic carbocycles. The first-order valence-electron chi connectivity index (χ1n) is 19.9. The standard InChI is InChI=1S/C44H59N5O7/c1-7-56-39(50)30-47-23-25-48(26-24-47)42(52)45-44(35-11-9-8-10-12-35)17-20-46(21-18-44)19-15-43(36-14-13-32(2)33(3)27-36)16-22-49(31-43)41(51)34-28-37(53-4)40(55-6)38(29-34)54-5/h8-14,27-29H,7,15-26,30-31H2,1-6H3,(H,45,52). The molecule has 3 aliphatic rings. The lowest BCUT2D eigenvalue weighted by molar-refractivity contribution is -0.144. The molecule has 3 saturated heterocycles. The van der Waals surface area contributed by atoms with Crippen molar-refractivity contribution in [2.24, 2.45) is 0 Å². The Labute approximate surface area is 332 Å². The number of urea groups is 1. The van der Waals surface area contributed by atoms with Crippen LogP contribution in [0, 0.1) is 13.8 Å². The van der Waals surface area contributed by atoms with Crippen LogP contribution in [-0.2, 0) is 20.5 Å². The Kier molecular flexibility index (Phi) is 13.1. The van der Waals surface area contributed by atoms with Gasteiger partial charge in [-0.05, 0) is 87.4 Å². The molecule has 3 fully saturated rings. The number of hydrogen-bond acceptors (Lipinski definition) is 9. The van der Waals surface area contributed by atoms with E-state index < -0.39 is 5.54 Å². The summed E-state index contributed by atoms with van der Waals surface area (Å²) in [6.07, 6.45) is 3.33. The minimum atomic E-state index is -0.486. The average molecular weight is 770 g/mol. The van der Waals surface area contributed by atoms with Crippen LogP contribution in [0.25, 0.3) is 0 Å². The molecule has 0 aromatic heterocycles. The van der Waals surface area contributed by atoms with E-state index in [1.54, 1.807) is 33.5 Å². The summed E-state index contributed by atoms with van der Waals surface area (Å²) in [4.78, 5) is 48.4. The number of likely N-dealkylation sites (tertiary alicyclic amines) is 2. The molecule has 0 radical (unpaired) electrons. The van der Waals surface area contributed by atoms with Crippen LogP contribution in [0.2, 0.25) is 0 Å². The van der Waals surface area contributed by atoms with Crippen molar-refractivity contribution in [1.29, 1.82) is 0 Å². The number of benzene rings is 3. The van der Waals surface area contributed by atoms with E-state index in [1.165, 1.54) is 16.7 Å². The van der Waals surface area contributed by atoms with Crippen LogP contribution in [-0.4, -0.2) is 131 Å². The number of aryl methyl sites for hydroxylation is 2. The maximum Gasteiger partial charge on any atom is 0.320 e. The van der Waals surface area contributed by atoms with Crippen molar-refractivity contribution < 1.29 is 33.3 Å². The second-order valence-corrected chi connectivity index (χ2v) is 15.5. The van der Waals surface area contributed by atoms with E-state index in [-0.39, 0.29) is 29.9 Å². The number of piperidine rings is 1. The molecule has 0 bridgehead atoms. The highest BCUT2D eigenvalue weighted by atomic mass is 16.5. The molecule has 3 aliphatic heterocycles. The van der Waals surface area contributed by atoms with Gasteiger partial charge in [0.05, 0.1) is 40.0 Å². The minimum Gasteiger partial charge on any atom is -0.493 e. The zero-order chi connectivity index (χ0) is 39.9. The highest BCUT2D eigenvalue weighted by Gasteiger charge is 2.44. The van der Waals surface area contributed by atoms with E-state index in [0.717, 1.165) is 50.9 Å². The summed E-state index contributed by atoms with van der Waals surface area (Å²) < 4.78 is 21.8. The molecule has 12 nitrogen and oxygen atoms in total. The summed E-state index contributed by atoms with van der Waals surface area (Å²) in [5.74, 6) is 1.08. The van der Waals surface area contributed by atoms with Gasteiger partial charge in [0.1, 0.15) is 0 Å². The van der Waals surface area contributed by atoms with Gasteiger partial charge in [-0.25, -0.2) is 4.79 Å². The van der Waals surface area contributed by atoms with Crippen molar-refractivity contribution in [2.75, 3.05) is 93.4 Å². The van der Waals surface area contributed by atoms with Gasteiger partial charge in [0.15, 0.2) is 11.5 Å². The van der Waals surface area contributed by atoms with E-state index in [9.17, 15) is 14.4 Å². The Bertz CT molecular complexity index is 1810. The molecular formula is C44H59N5O7. The van der Waals surface area contributed by atoms with E-state index >= 15 is 0 Å². The monoisotopic (exact) mass is 769 g/mol. The number of amides is 3. The number of nitrogens with zero attached hydrogens (tertiary/aromatic N) is 4. The van der Waals surface area contributed by atoms with Gasteiger partial charge in [-0.3, -0.25) is 14.5 Å². The third kappa shape index (κ3) is 8.92. The summed E-state index contributed by atoms with van der Waals surface area (Å²) in [5, 5.41) is 3.49. The zero-order valence-corrected chi connectivity index (χ0v) is 34.0. The van der Waals surface area contributed by atoms with Crippen LogP contribution >= 0.6 is 0 Å². The number of esters is 1. The topological polar surface area (TPSA) is 113 Å². The fourth-order valence-corrected chi connectivity index (χ4v) is 8.64. The Morgan fingerprint density at radius 1 is 0.714 bits per heavy atom. The van der Waals surface area contributed by atoms with Crippen LogP contribution < -0.4 is 19.5 Å². The largest absolute Gasteiger partial charge is 0.493 e. The molecule has 56 heavy (non-hydrogen) atoms. The summed E-state index contributed by atoms with van der Waals surface area (Å²) in [6, 6.07) is 20.5. The third-order valence-electron chi connectivity index (χ3n) is 12.3. The molecule has 6 rings (SSSR count). The van der Waals surface area contributed by atoms with Crippen LogP contribution in [0.4, 0.5) is 4.79 Å². The number of nitrogens with one attached hydrogen (secondary N) is 1. The van der Waals surface area contributed by atoms with Gasteiger partial charge in [-0.15, -0.1) is 0 Å². The lowest BCUT2D eigenvalue weighted by Gasteiger charge is -2.45. The Morgan fingerprint density at radius 2 is 1.39 bits per heavy atom. The fraction of sp³-hybridized carbons (Fsp3) is 0.523. The van der Waals surface area contributed by atoms with Gasteiger partial charge in [-0.2, -0.15) is 0 Å². The molecule has 3 aromatic rings. The van der Waals surface area contributed by atoms with Gasteiger partial charge in [0, 0.05) is 63.3 Å². The number of hydrogen-bond donors (Lipinski definition) is 1. The molecule has 1 unspecified atom stereocenters. The normalized spacial score (nSPS) is 20.0. The quantitative estimate of drug-likeness (QED) is 0.229. The first kappa shape index (κ1) is 40.8. The van der Waals surface area contributed by atoms with E-state index in [4.69, 9.17) is 18.9 Å². The fourth-order valence-electron chi connectivity index (χ4n) is 8.64. The predicted octanol–water partition coefficient (Wildman–Crippen LogP) is 5.38. The van der Waals surface area contributed by atoms with Crippen LogP contribution in [0.5, 0.6) is 17.2 Å². The SMILES string of the molecule is CCOC(=O)CN1CCN(C(=O)NC2(c3ccccc3)CCN(CCC3(c4ccc(C)c(C)c4)CCN(C(=O)c4cc(OC)c(OC)c(OC)c4)C3)CC2)CC1. The molecule has 0 saturated carbocycles. The predicted molar refractivity (Wildman–Crippen MR) is 216 cm³/mol. The third-order valence-corrected chi connectivity index (χ3v) is 12.3. The van der Waals surface area contributed by atoms with Crippen molar-refractivity contribution in [2.45, 2.75) is 57.4 Å². The van der Waals surface area contributed by atoms with Crippen LogP contribution in [0.1, 0.15) is 65.2 Å². The van der Waals surface area contributed by atoms with Gasteiger partial charge < -0.3 is 39.0 Å². The molecule has 12 heteroatoms. The Hall–Kier alpha value is -4.81. The molecule has 0 spiro atoms. The molecule has 302 valence electrons. The summed E-state index contributed by atoms with van der Waals surface area (Å²) >= 11 is 0. The molecule has 3 amide bonds. The number of rotatable bonds is 13. The number of piperazine rings is 1.